The number of carbonyl (C=O) groups is 1. The predicted octanol–water partition coefficient (Wildman–Crippen LogP) is 3.63. The van der Waals surface area contributed by atoms with Crippen LogP contribution in [0, 0.1) is 12.8 Å². The molecular formula is C21H26N2O4S. The van der Waals surface area contributed by atoms with Crippen LogP contribution >= 0.6 is 11.3 Å². The second-order valence-corrected chi connectivity index (χ2v) is 7.88. The number of methoxy groups -OCH3 is 1. The number of likely N-dealkylation sites (tertiary alicyclic amines) is 1. The largest absolute Gasteiger partial charge is 0.497 e. The van der Waals surface area contributed by atoms with E-state index in [4.69, 9.17) is 9.57 Å². The van der Waals surface area contributed by atoms with Crippen LogP contribution in [0.2, 0.25) is 0 Å². The molecule has 1 saturated heterocycles. The molecule has 0 spiro atoms. The molecule has 150 valence electrons. The second-order valence-electron chi connectivity index (χ2n) is 6.97. The van der Waals surface area contributed by atoms with E-state index in [2.05, 4.69) is 28.4 Å². The van der Waals surface area contributed by atoms with Crippen molar-refractivity contribution in [2.45, 2.75) is 19.8 Å². The highest BCUT2D eigenvalue weighted by molar-refractivity contribution is 7.12. The van der Waals surface area contributed by atoms with Crippen LogP contribution in [0.15, 0.2) is 40.9 Å². The summed E-state index contributed by atoms with van der Waals surface area (Å²) < 4.78 is 5.33. The van der Waals surface area contributed by atoms with E-state index in [0.29, 0.717) is 19.7 Å². The van der Waals surface area contributed by atoms with Crippen LogP contribution in [0.3, 0.4) is 0 Å². The van der Waals surface area contributed by atoms with Crippen molar-refractivity contribution >= 4 is 23.0 Å². The summed E-state index contributed by atoms with van der Waals surface area (Å²) in [7, 11) is 1.64. The van der Waals surface area contributed by atoms with Crippen LogP contribution in [0.25, 0.3) is 0 Å². The molecule has 1 aromatic carbocycles. The number of oxime groups is 1. The lowest BCUT2D eigenvalue weighted by molar-refractivity contribution is -0.143. The molecule has 1 aromatic heterocycles. The maximum Gasteiger partial charge on any atom is 0.307 e. The molecule has 28 heavy (non-hydrogen) atoms. The Labute approximate surface area is 169 Å². The number of nitrogens with zero attached hydrogens (tertiary/aromatic N) is 2. The molecule has 0 saturated carbocycles. The minimum absolute atomic E-state index is 0.279. The molecule has 1 atom stereocenters. The fourth-order valence-electron chi connectivity index (χ4n) is 3.31. The van der Waals surface area contributed by atoms with Crippen molar-refractivity contribution in [1.82, 2.24) is 4.90 Å². The average molecular weight is 403 g/mol. The van der Waals surface area contributed by atoms with Crippen molar-refractivity contribution in [2.75, 3.05) is 33.4 Å². The van der Waals surface area contributed by atoms with Gasteiger partial charge < -0.3 is 14.7 Å². The van der Waals surface area contributed by atoms with Crippen molar-refractivity contribution in [1.29, 1.82) is 0 Å². The van der Waals surface area contributed by atoms with Crippen molar-refractivity contribution in [3.05, 3.63) is 51.7 Å². The van der Waals surface area contributed by atoms with E-state index in [-0.39, 0.29) is 5.92 Å². The number of aryl methyl sites for hydroxylation is 1. The molecule has 1 N–H and O–H groups in total. The summed E-state index contributed by atoms with van der Waals surface area (Å²) in [6.45, 7) is 4.63. The molecular weight excluding hydrogens is 376 g/mol. The standard InChI is InChI=1S/C21H26N2O4S/c1-15-11-19(28-14-15)20(16-5-3-7-18(12-16)26-2)22-27-10-9-23-8-4-6-17(13-23)21(24)25/h3,5,7,11-12,14,17H,4,6,8-10,13H2,1-2H3,(H,24,25)/b22-20+. The number of ether oxygens (including phenoxy) is 1. The Balaban J connectivity index is 1.67. The number of carboxylic acid groups (broad SMARTS) is 1. The number of carboxylic acids is 1. The normalized spacial score (nSPS) is 18.1. The first kappa shape index (κ1) is 20.4. The first-order valence-corrected chi connectivity index (χ1v) is 10.3. The molecule has 6 nitrogen and oxygen atoms in total. The number of benzene rings is 1. The van der Waals surface area contributed by atoms with Crippen LogP contribution in [0.1, 0.15) is 28.8 Å². The Morgan fingerprint density at radius 1 is 1.39 bits per heavy atom. The lowest BCUT2D eigenvalue weighted by Gasteiger charge is -2.29. The molecule has 0 aliphatic carbocycles. The highest BCUT2D eigenvalue weighted by Crippen LogP contribution is 2.22. The number of piperidine rings is 1. The fraction of sp³-hybridized carbons (Fsp3) is 0.429. The zero-order valence-electron chi connectivity index (χ0n) is 16.3. The van der Waals surface area contributed by atoms with E-state index in [1.807, 2.05) is 24.3 Å². The molecule has 1 fully saturated rings. The Hall–Kier alpha value is -2.38. The quantitative estimate of drug-likeness (QED) is 0.415. The molecule has 2 aromatic rings. The summed E-state index contributed by atoms with van der Waals surface area (Å²) in [4.78, 5) is 20.0. The van der Waals surface area contributed by atoms with Gasteiger partial charge in [-0.15, -0.1) is 11.3 Å². The summed E-state index contributed by atoms with van der Waals surface area (Å²) in [6.07, 6.45) is 1.66. The van der Waals surface area contributed by atoms with Gasteiger partial charge in [0.15, 0.2) is 0 Å². The zero-order valence-corrected chi connectivity index (χ0v) is 17.1. The third-order valence-corrected chi connectivity index (χ3v) is 5.87. The van der Waals surface area contributed by atoms with E-state index in [1.165, 1.54) is 5.56 Å². The van der Waals surface area contributed by atoms with E-state index < -0.39 is 5.97 Å². The van der Waals surface area contributed by atoms with Gasteiger partial charge in [-0.2, -0.15) is 0 Å². The van der Waals surface area contributed by atoms with Gasteiger partial charge in [0.25, 0.3) is 0 Å². The lowest BCUT2D eigenvalue weighted by atomic mass is 9.98. The first-order valence-electron chi connectivity index (χ1n) is 9.42. The van der Waals surface area contributed by atoms with Crippen molar-refractivity contribution in [2.24, 2.45) is 11.1 Å². The highest BCUT2D eigenvalue weighted by Gasteiger charge is 2.25. The first-order chi connectivity index (χ1) is 13.6. The topological polar surface area (TPSA) is 71.4 Å². The molecule has 0 bridgehead atoms. The van der Waals surface area contributed by atoms with Crippen molar-refractivity contribution in [3.63, 3.8) is 0 Å². The van der Waals surface area contributed by atoms with Crippen LogP contribution in [-0.2, 0) is 9.63 Å². The zero-order chi connectivity index (χ0) is 19.9. The number of hydrogen-bond donors (Lipinski definition) is 1. The summed E-state index contributed by atoms with van der Waals surface area (Å²) in [5.74, 6) is -0.220. The molecule has 1 aliphatic rings. The van der Waals surface area contributed by atoms with Gasteiger partial charge >= 0.3 is 5.97 Å². The Morgan fingerprint density at radius 2 is 2.25 bits per heavy atom. The Kier molecular flexibility index (Phi) is 7.06. The summed E-state index contributed by atoms with van der Waals surface area (Å²) >= 11 is 1.63. The SMILES string of the molecule is COc1cccc(/C(=N\OCCN2CCCC(C(=O)O)C2)c2cc(C)cs2)c1. The van der Waals surface area contributed by atoms with E-state index >= 15 is 0 Å². The van der Waals surface area contributed by atoms with Gasteiger partial charge in [-0.25, -0.2) is 0 Å². The predicted molar refractivity (Wildman–Crippen MR) is 110 cm³/mol. The minimum atomic E-state index is -0.711. The van der Waals surface area contributed by atoms with Gasteiger partial charge in [-0.05, 0) is 55.5 Å². The van der Waals surface area contributed by atoms with Gasteiger partial charge in [0.1, 0.15) is 18.1 Å². The fourth-order valence-corrected chi connectivity index (χ4v) is 4.21. The van der Waals surface area contributed by atoms with E-state index in [1.54, 1.807) is 18.4 Å². The monoisotopic (exact) mass is 402 g/mol. The molecule has 2 heterocycles. The second kappa shape index (κ2) is 9.71. The smallest absolute Gasteiger partial charge is 0.307 e. The minimum Gasteiger partial charge on any atom is -0.497 e. The number of thiophene rings is 1. The van der Waals surface area contributed by atoms with Crippen molar-refractivity contribution < 1.29 is 19.5 Å². The third-order valence-electron chi connectivity index (χ3n) is 4.82. The average Bonchev–Trinajstić information content (AvgIpc) is 3.14. The van der Waals surface area contributed by atoms with Gasteiger partial charge in [-0.1, -0.05) is 17.3 Å². The summed E-state index contributed by atoms with van der Waals surface area (Å²) in [5.41, 5.74) is 2.90. The van der Waals surface area contributed by atoms with Crippen LogP contribution in [-0.4, -0.2) is 55.0 Å². The molecule has 7 heteroatoms. The number of hydrogen-bond acceptors (Lipinski definition) is 6. The molecule has 1 unspecified atom stereocenters. The van der Waals surface area contributed by atoms with Crippen LogP contribution < -0.4 is 4.74 Å². The van der Waals surface area contributed by atoms with Gasteiger partial charge in [-0.3, -0.25) is 9.69 Å². The molecule has 3 rings (SSSR count). The van der Waals surface area contributed by atoms with E-state index in [9.17, 15) is 9.90 Å². The maximum absolute atomic E-state index is 11.2. The van der Waals surface area contributed by atoms with Crippen LogP contribution in [0.4, 0.5) is 0 Å². The van der Waals surface area contributed by atoms with Gasteiger partial charge in [0.2, 0.25) is 0 Å². The van der Waals surface area contributed by atoms with Gasteiger partial charge in [0.05, 0.1) is 17.9 Å². The summed E-state index contributed by atoms with van der Waals surface area (Å²) in [5, 5.41) is 15.7. The molecule has 1 aliphatic heterocycles. The Bertz CT molecular complexity index is 833. The lowest BCUT2D eigenvalue weighted by Crippen LogP contribution is -2.40. The van der Waals surface area contributed by atoms with E-state index in [0.717, 1.165) is 41.3 Å². The van der Waals surface area contributed by atoms with Crippen molar-refractivity contribution in [3.8, 4) is 5.75 Å². The summed E-state index contributed by atoms with van der Waals surface area (Å²) in [6, 6.07) is 9.86. The van der Waals surface area contributed by atoms with Gasteiger partial charge in [0, 0.05) is 18.7 Å². The number of rotatable bonds is 8. The highest BCUT2D eigenvalue weighted by atomic mass is 32.1. The molecule has 0 radical (unpaired) electrons. The molecule has 0 amide bonds. The third kappa shape index (κ3) is 5.33. The van der Waals surface area contributed by atoms with Crippen LogP contribution in [0.5, 0.6) is 5.75 Å². The Morgan fingerprint density at radius 3 is 2.96 bits per heavy atom. The number of aliphatic carboxylic acids is 1. The maximum atomic E-state index is 11.2.